The van der Waals surface area contributed by atoms with Crippen molar-refractivity contribution >= 4 is 11.6 Å². The first kappa shape index (κ1) is 10.4. The van der Waals surface area contributed by atoms with Gasteiger partial charge in [0.05, 0.1) is 0 Å². The Labute approximate surface area is 71.0 Å². The highest BCUT2D eigenvalue weighted by Gasteiger charge is 1.92. The van der Waals surface area contributed by atoms with Crippen LogP contribution in [0.5, 0.6) is 0 Å². The summed E-state index contributed by atoms with van der Waals surface area (Å²) in [7, 11) is 0. The van der Waals surface area contributed by atoms with Gasteiger partial charge in [0.2, 0.25) is 0 Å². The SMILES string of the molecule is C=C/C=C(\C=C(\Cl)CF)CN. The molecule has 0 heterocycles. The number of rotatable bonds is 4. The third-order valence-electron chi connectivity index (χ3n) is 1.04. The van der Waals surface area contributed by atoms with Crippen LogP contribution in [0.2, 0.25) is 0 Å². The lowest BCUT2D eigenvalue weighted by molar-refractivity contribution is 0.555. The lowest BCUT2D eigenvalue weighted by atomic mass is 10.2. The maximum atomic E-state index is 11.8. The summed E-state index contributed by atoms with van der Waals surface area (Å²) in [4.78, 5) is 0. The van der Waals surface area contributed by atoms with Crippen molar-refractivity contribution in [2.24, 2.45) is 5.73 Å². The molecule has 3 heteroatoms. The van der Waals surface area contributed by atoms with E-state index in [1.54, 1.807) is 12.2 Å². The molecule has 0 bridgehead atoms. The van der Waals surface area contributed by atoms with Gasteiger partial charge in [-0.1, -0.05) is 30.3 Å². The van der Waals surface area contributed by atoms with Crippen molar-refractivity contribution in [1.29, 1.82) is 0 Å². The summed E-state index contributed by atoms with van der Waals surface area (Å²) in [5.41, 5.74) is 6.09. The summed E-state index contributed by atoms with van der Waals surface area (Å²) in [5, 5.41) is 0.156. The van der Waals surface area contributed by atoms with Crippen LogP contribution in [0.25, 0.3) is 0 Å². The number of allylic oxidation sites excluding steroid dienone is 3. The molecule has 0 unspecified atom stereocenters. The van der Waals surface area contributed by atoms with Gasteiger partial charge in [-0.05, 0) is 11.6 Å². The molecule has 0 aromatic rings. The van der Waals surface area contributed by atoms with Crippen LogP contribution in [0, 0.1) is 0 Å². The van der Waals surface area contributed by atoms with Gasteiger partial charge in [-0.3, -0.25) is 0 Å². The second kappa shape index (κ2) is 6.13. The molecule has 0 spiro atoms. The van der Waals surface area contributed by atoms with Crippen molar-refractivity contribution in [1.82, 2.24) is 0 Å². The molecule has 2 N–H and O–H groups in total. The van der Waals surface area contributed by atoms with Crippen molar-refractivity contribution in [3.05, 3.63) is 35.4 Å². The maximum absolute atomic E-state index is 11.8. The van der Waals surface area contributed by atoms with Gasteiger partial charge in [0.1, 0.15) is 6.67 Å². The fourth-order valence-corrected chi connectivity index (χ4v) is 0.706. The monoisotopic (exact) mass is 175 g/mol. The van der Waals surface area contributed by atoms with E-state index >= 15 is 0 Å². The highest BCUT2D eigenvalue weighted by Crippen LogP contribution is 2.06. The first-order chi connectivity index (χ1) is 5.24. The maximum Gasteiger partial charge on any atom is 0.125 e. The first-order valence-corrected chi connectivity index (χ1v) is 3.56. The van der Waals surface area contributed by atoms with Crippen LogP contribution in [0.15, 0.2) is 35.4 Å². The fraction of sp³-hybridized carbons (Fsp3) is 0.250. The Bertz CT molecular complexity index is 185. The van der Waals surface area contributed by atoms with Gasteiger partial charge < -0.3 is 5.73 Å². The molecular weight excluding hydrogens is 165 g/mol. The van der Waals surface area contributed by atoms with E-state index in [1.165, 1.54) is 6.08 Å². The molecule has 1 nitrogen and oxygen atoms in total. The number of halogens is 2. The van der Waals surface area contributed by atoms with Crippen LogP contribution in [0.1, 0.15) is 0 Å². The Morgan fingerprint density at radius 2 is 2.27 bits per heavy atom. The molecule has 0 radical (unpaired) electrons. The summed E-state index contributed by atoms with van der Waals surface area (Å²) in [5.74, 6) is 0. The van der Waals surface area contributed by atoms with Crippen molar-refractivity contribution in [2.45, 2.75) is 0 Å². The molecule has 0 fully saturated rings. The van der Waals surface area contributed by atoms with Crippen LogP contribution >= 0.6 is 11.6 Å². The molecular formula is C8H11ClFN. The zero-order valence-electron chi connectivity index (χ0n) is 6.19. The molecule has 11 heavy (non-hydrogen) atoms. The van der Waals surface area contributed by atoms with Gasteiger partial charge in [0.15, 0.2) is 0 Å². The lowest BCUT2D eigenvalue weighted by Crippen LogP contribution is -2.01. The summed E-state index contributed by atoms with van der Waals surface area (Å²) in [6.07, 6.45) is 4.78. The average molecular weight is 176 g/mol. The van der Waals surface area contributed by atoms with Gasteiger partial charge >= 0.3 is 0 Å². The fourth-order valence-electron chi connectivity index (χ4n) is 0.566. The third kappa shape index (κ3) is 4.76. The van der Waals surface area contributed by atoms with Gasteiger partial charge in [-0.2, -0.15) is 0 Å². The minimum atomic E-state index is -0.657. The number of hydrogen-bond acceptors (Lipinski definition) is 1. The smallest absolute Gasteiger partial charge is 0.125 e. The molecule has 0 aliphatic carbocycles. The predicted molar refractivity (Wildman–Crippen MR) is 47.2 cm³/mol. The quantitative estimate of drug-likeness (QED) is 0.651. The standard InChI is InChI=1S/C8H11ClFN/c1-2-3-7(6-11)4-8(9)5-10/h2-4H,1,5-6,11H2/b7-3+,8-4+. The predicted octanol–water partition coefficient (Wildman–Crippen LogP) is 2.15. The molecule has 0 amide bonds. The van der Waals surface area contributed by atoms with Gasteiger partial charge in [-0.25, -0.2) is 4.39 Å². The third-order valence-corrected chi connectivity index (χ3v) is 1.25. The summed E-state index contributed by atoms with van der Waals surface area (Å²) < 4.78 is 11.8. The van der Waals surface area contributed by atoms with E-state index in [0.717, 1.165) is 5.57 Å². The topological polar surface area (TPSA) is 26.0 Å². The highest BCUT2D eigenvalue weighted by molar-refractivity contribution is 6.29. The van der Waals surface area contributed by atoms with E-state index in [9.17, 15) is 4.39 Å². The normalized spacial score (nSPS) is 13.4. The molecule has 62 valence electrons. The van der Waals surface area contributed by atoms with E-state index in [0.29, 0.717) is 6.54 Å². The highest BCUT2D eigenvalue weighted by atomic mass is 35.5. The minimum absolute atomic E-state index is 0.156. The second-order valence-electron chi connectivity index (χ2n) is 1.91. The van der Waals surface area contributed by atoms with Crippen LogP contribution in [0.3, 0.4) is 0 Å². The van der Waals surface area contributed by atoms with E-state index in [2.05, 4.69) is 6.58 Å². The second-order valence-corrected chi connectivity index (χ2v) is 2.39. The van der Waals surface area contributed by atoms with Crippen LogP contribution in [-0.4, -0.2) is 13.2 Å². The Balaban J connectivity index is 4.28. The van der Waals surface area contributed by atoms with E-state index in [-0.39, 0.29) is 5.03 Å². The molecule has 0 atom stereocenters. The number of nitrogens with two attached hydrogens (primary N) is 1. The Hall–Kier alpha value is -0.600. The van der Waals surface area contributed by atoms with Crippen molar-refractivity contribution < 1.29 is 4.39 Å². The molecule has 0 saturated carbocycles. The van der Waals surface area contributed by atoms with Crippen LogP contribution in [-0.2, 0) is 0 Å². The van der Waals surface area contributed by atoms with Gasteiger partial charge in [-0.15, -0.1) is 0 Å². The largest absolute Gasteiger partial charge is 0.326 e. The Kier molecular flexibility index (Phi) is 5.80. The van der Waals surface area contributed by atoms with Gasteiger partial charge in [0.25, 0.3) is 0 Å². The van der Waals surface area contributed by atoms with E-state index in [4.69, 9.17) is 17.3 Å². The van der Waals surface area contributed by atoms with Crippen molar-refractivity contribution in [3.8, 4) is 0 Å². The van der Waals surface area contributed by atoms with E-state index < -0.39 is 6.67 Å². The van der Waals surface area contributed by atoms with Crippen LogP contribution < -0.4 is 5.73 Å². The molecule has 0 aliphatic heterocycles. The molecule has 0 aromatic carbocycles. The minimum Gasteiger partial charge on any atom is -0.326 e. The molecule has 0 rings (SSSR count). The van der Waals surface area contributed by atoms with Crippen molar-refractivity contribution in [3.63, 3.8) is 0 Å². The number of hydrogen-bond donors (Lipinski definition) is 1. The summed E-state index contributed by atoms with van der Waals surface area (Å²) in [6, 6.07) is 0. The van der Waals surface area contributed by atoms with Crippen molar-refractivity contribution in [2.75, 3.05) is 13.2 Å². The van der Waals surface area contributed by atoms with E-state index in [1.807, 2.05) is 0 Å². The summed E-state index contributed by atoms with van der Waals surface area (Å²) >= 11 is 5.43. The summed E-state index contributed by atoms with van der Waals surface area (Å²) in [6.45, 7) is 3.16. The van der Waals surface area contributed by atoms with Gasteiger partial charge in [0, 0.05) is 11.6 Å². The molecule has 0 aliphatic rings. The average Bonchev–Trinajstić information content (AvgIpc) is 2.03. The Morgan fingerprint density at radius 1 is 1.64 bits per heavy atom. The zero-order valence-corrected chi connectivity index (χ0v) is 6.94. The Morgan fingerprint density at radius 3 is 2.64 bits per heavy atom. The molecule has 0 aromatic heterocycles. The van der Waals surface area contributed by atoms with Crippen LogP contribution in [0.4, 0.5) is 4.39 Å². The zero-order chi connectivity index (χ0) is 8.69. The molecule has 0 saturated heterocycles. The number of alkyl halides is 1. The lowest BCUT2D eigenvalue weighted by Gasteiger charge is -1.95. The first-order valence-electron chi connectivity index (χ1n) is 3.18.